The molecule has 1 atom stereocenters. The van der Waals surface area contributed by atoms with E-state index < -0.39 is 0 Å². The van der Waals surface area contributed by atoms with Gasteiger partial charge in [0, 0.05) is 13.1 Å². The zero-order chi connectivity index (χ0) is 13.3. The van der Waals surface area contributed by atoms with Crippen molar-refractivity contribution in [2.24, 2.45) is 0 Å². The summed E-state index contributed by atoms with van der Waals surface area (Å²) in [5, 5.41) is 6.82. The van der Waals surface area contributed by atoms with Crippen LogP contribution in [0, 0.1) is 0 Å². The molecule has 0 bridgehead atoms. The van der Waals surface area contributed by atoms with Crippen molar-refractivity contribution in [2.45, 2.75) is 18.9 Å². The van der Waals surface area contributed by atoms with Gasteiger partial charge in [-0.2, -0.15) is 0 Å². The highest BCUT2D eigenvalue weighted by atomic mass is 16.5. The fourth-order valence-corrected chi connectivity index (χ4v) is 2.25. The van der Waals surface area contributed by atoms with Crippen LogP contribution in [-0.4, -0.2) is 46.0 Å². The van der Waals surface area contributed by atoms with Crippen LogP contribution >= 0.6 is 0 Å². The first-order chi connectivity index (χ1) is 9.38. The average molecular weight is 264 g/mol. The van der Waals surface area contributed by atoms with Crippen molar-refractivity contribution in [1.82, 2.24) is 10.6 Å². The largest absolute Gasteiger partial charge is 0.497 e. The number of hydrogen-bond acceptors (Lipinski definition) is 4. The van der Waals surface area contributed by atoms with E-state index in [2.05, 4.69) is 22.8 Å². The number of nitrogens with one attached hydrogen (secondary N) is 2. The van der Waals surface area contributed by atoms with Crippen molar-refractivity contribution in [3.05, 3.63) is 29.8 Å². The molecule has 0 aliphatic carbocycles. The van der Waals surface area contributed by atoms with Gasteiger partial charge in [0.05, 0.1) is 19.8 Å². The first-order valence-corrected chi connectivity index (χ1v) is 7.04. The maximum absolute atomic E-state index is 5.65. The first kappa shape index (κ1) is 14.3. The van der Waals surface area contributed by atoms with Crippen molar-refractivity contribution in [1.29, 1.82) is 0 Å². The van der Waals surface area contributed by atoms with Crippen molar-refractivity contribution in [3.8, 4) is 5.75 Å². The summed E-state index contributed by atoms with van der Waals surface area (Å²) in [5.74, 6) is 0.930. The van der Waals surface area contributed by atoms with Crippen molar-refractivity contribution in [2.75, 3.05) is 39.9 Å². The standard InChI is InChI=1S/C15H24N2O2/c1-18-14-4-2-3-13(11-14)5-7-16-8-6-15-12-17-9-10-19-15/h2-4,11,15-17H,5-10,12H2,1H3. The predicted molar refractivity (Wildman–Crippen MR) is 76.8 cm³/mol. The second-order valence-electron chi connectivity index (χ2n) is 4.84. The van der Waals surface area contributed by atoms with Gasteiger partial charge in [0.2, 0.25) is 0 Å². The SMILES string of the molecule is COc1cccc(CCNCCC2CNCCO2)c1. The lowest BCUT2D eigenvalue weighted by molar-refractivity contribution is 0.0239. The molecule has 0 amide bonds. The Labute approximate surface area is 115 Å². The molecule has 1 heterocycles. The van der Waals surface area contributed by atoms with Gasteiger partial charge in [0.25, 0.3) is 0 Å². The Balaban J connectivity index is 1.58. The third-order valence-electron chi connectivity index (χ3n) is 3.37. The van der Waals surface area contributed by atoms with Gasteiger partial charge >= 0.3 is 0 Å². The molecule has 0 spiro atoms. The predicted octanol–water partition coefficient (Wildman–Crippen LogP) is 1.21. The molecule has 2 rings (SSSR count). The molecule has 1 fully saturated rings. The van der Waals surface area contributed by atoms with Gasteiger partial charge in [-0.05, 0) is 43.6 Å². The van der Waals surface area contributed by atoms with Crippen molar-refractivity contribution < 1.29 is 9.47 Å². The van der Waals surface area contributed by atoms with E-state index in [1.54, 1.807) is 7.11 Å². The fourth-order valence-electron chi connectivity index (χ4n) is 2.25. The minimum Gasteiger partial charge on any atom is -0.497 e. The van der Waals surface area contributed by atoms with Gasteiger partial charge in [-0.25, -0.2) is 0 Å². The highest BCUT2D eigenvalue weighted by Gasteiger charge is 2.11. The normalized spacial score (nSPS) is 19.3. The number of benzene rings is 1. The lowest BCUT2D eigenvalue weighted by atomic mass is 10.1. The maximum atomic E-state index is 5.65. The molecular formula is C15H24N2O2. The quantitative estimate of drug-likeness (QED) is 0.726. The van der Waals surface area contributed by atoms with Gasteiger partial charge in [-0.1, -0.05) is 12.1 Å². The second-order valence-corrected chi connectivity index (χ2v) is 4.84. The van der Waals surface area contributed by atoms with Crippen LogP contribution in [0.3, 0.4) is 0 Å². The molecular weight excluding hydrogens is 240 g/mol. The molecule has 106 valence electrons. The zero-order valence-electron chi connectivity index (χ0n) is 11.7. The number of methoxy groups -OCH3 is 1. The fraction of sp³-hybridized carbons (Fsp3) is 0.600. The summed E-state index contributed by atoms with van der Waals surface area (Å²) in [7, 11) is 1.70. The van der Waals surface area contributed by atoms with Crippen LogP contribution in [0.15, 0.2) is 24.3 Å². The summed E-state index contributed by atoms with van der Waals surface area (Å²) >= 11 is 0. The summed E-state index contributed by atoms with van der Waals surface area (Å²) in [5.41, 5.74) is 1.31. The number of morpholine rings is 1. The highest BCUT2D eigenvalue weighted by Crippen LogP contribution is 2.12. The molecule has 1 unspecified atom stereocenters. The molecule has 19 heavy (non-hydrogen) atoms. The van der Waals surface area contributed by atoms with E-state index in [4.69, 9.17) is 9.47 Å². The van der Waals surface area contributed by atoms with Gasteiger partial charge in [0.1, 0.15) is 5.75 Å². The smallest absolute Gasteiger partial charge is 0.119 e. The van der Waals surface area contributed by atoms with Crippen LogP contribution < -0.4 is 15.4 Å². The van der Waals surface area contributed by atoms with E-state index in [9.17, 15) is 0 Å². The lowest BCUT2D eigenvalue weighted by Gasteiger charge is -2.23. The van der Waals surface area contributed by atoms with Crippen molar-refractivity contribution in [3.63, 3.8) is 0 Å². The highest BCUT2D eigenvalue weighted by molar-refractivity contribution is 5.28. The Morgan fingerprint density at radius 2 is 2.37 bits per heavy atom. The second kappa shape index (κ2) is 8.15. The molecule has 0 radical (unpaired) electrons. The first-order valence-electron chi connectivity index (χ1n) is 7.04. The summed E-state index contributed by atoms with van der Waals surface area (Å²) < 4.78 is 10.9. The van der Waals surface area contributed by atoms with Crippen LogP contribution in [0.1, 0.15) is 12.0 Å². The van der Waals surface area contributed by atoms with E-state index in [-0.39, 0.29) is 0 Å². The van der Waals surface area contributed by atoms with E-state index in [0.717, 1.165) is 51.4 Å². The van der Waals surface area contributed by atoms with Gasteiger partial charge in [-0.3, -0.25) is 0 Å². The van der Waals surface area contributed by atoms with Gasteiger partial charge in [0.15, 0.2) is 0 Å². The Bertz CT molecular complexity index is 365. The van der Waals surface area contributed by atoms with E-state index in [0.29, 0.717) is 6.10 Å². The number of rotatable bonds is 7. The minimum atomic E-state index is 0.373. The molecule has 1 saturated heterocycles. The van der Waals surface area contributed by atoms with E-state index in [1.807, 2.05) is 12.1 Å². The molecule has 1 aromatic rings. The minimum absolute atomic E-state index is 0.373. The molecule has 0 saturated carbocycles. The summed E-state index contributed by atoms with van der Waals surface area (Å²) in [4.78, 5) is 0. The molecule has 1 aliphatic heterocycles. The Morgan fingerprint density at radius 1 is 1.42 bits per heavy atom. The zero-order valence-corrected chi connectivity index (χ0v) is 11.7. The van der Waals surface area contributed by atoms with Crippen molar-refractivity contribution >= 4 is 0 Å². The summed E-state index contributed by atoms with van der Waals surface area (Å²) in [6.07, 6.45) is 2.48. The third-order valence-corrected chi connectivity index (χ3v) is 3.37. The topological polar surface area (TPSA) is 42.5 Å². The molecule has 2 N–H and O–H groups in total. The van der Waals surface area contributed by atoms with E-state index >= 15 is 0 Å². The lowest BCUT2D eigenvalue weighted by Crippen LogP contribution is -2.40. The van der Waals surface area contributed by atoms with Gasteiger partial charge in [-0.15, -0.1) is 0 Å². The number of hydrogen-bond donors (Lipinski definition) is 2. The van der Waals surface area contributed by atoms with Crippen LogP contribution in [0.25, 0.3) is 0 Å². The monoisotopic (exact) mass is 264 g/mol. The summed E-state index contributed by atoms with van der Waals surface area (Å²) in [6.45, 7) is 4.81. The van der Waals surface area contributed by atoms with Crippen LogP contribution in [0.4, 0.5) is 0 Å². The third kappa shape index (κ3) is 5.19. The Morgan fingerprint density at radius 3 is 3.16 bits per heavy atom. The summed E-state index contributed by atoms with van der Waals surface area (Å²) in [6, 6.07) is 8.24. The van der Waals surface area contributed by atoms with E-state index in [1.165, 1.54) is 5.56 Å². The Kier molecular flexibility index (Phi) is 6.14. The molecule has 4 nitrogen and oxygen atoms in total. The van der Waals surface area contributed by atoms with Crippen LogP contribution in [0.5, 0.6) is 5.75 Å². The van der Waals surface area contributed by atoms with Gasteiger partial charge < -0.3 is 20.1 Å². The van der Waals surface area contributed by atoms with Crippen LogP contribution in [-0.2, 0) is 11.2 Å². The molecule has 1 aliphatic rings. The Hall–Kier alpha value is -1.10. The molecule has 0 aromatic heterocycles. The van der Waals surface area contributed by atoms with Crippen LogP contribution in [0.2, 0.25) is 0 Å². The number of ether oxygens (including phenoxy) is 2. The average Bonchev–Trinajstić information content (AvgIpc) is 2.48. The maximum Gasteiger partial charge on any atom is 0.119 e. The molecule has 1 aromatic carbocycles. The molecule has 4 heteroatoms.